The van der Waals surface area contributed by atoms with E-state index in [-0.39, 0.29) is 16.7 Å². The molecule has 0 spiro atoms. The molecule has 2 aliphatic rings. The van der Waals surface area contributed by atoms with Crippen LogP contribution in [-0.4, -0.2) is 5.91 Å². The van der Waals surface area contributed by atoms with Gasteiger partial charge in [0.15, 0.2) is 0 Å². The van der Waals surface area contributed by atoms with Crippen molar-refractivity contribution >= 4 is 5.91 Å². The minimum Gasteiger partial charge on any atom is -0.369 e. The minimum atomic E-state index is -0.353. The van der Waals surface area contributed by atoms with E-state index in [1.807, 2.05) is 0 Å². The fourth-order valence-electron chi connectivity index (χ4n) is 3.17. The molecule has 2 nitrogen and oxygen atoms in total. The molecule has 2 bridgehead atoms. The lowest BCUT2D eigenvalue weighted by atomic mass is 9.68. The van der Waals surface area contributed by atoms with E-state index < -0.39 is 0 Å². The summed E-state index contributed by atoms with van der Waals surface area (Å²) in [6.45, 7) is 8.45. The van der Waals surface area contributed by atoms with Crippen LogP contribution in [0, 0.1) is 16.7 Å². The standard InChI is InChI=1S/C11H17NO/c1-7-10(2,3)8-4-5-11(7,6-8)9(12)13/h8H,1,4-6H2,2-3H3,(H2,12,13)/t8-,11-/m0/s1. The number of nitrogens with two attached hydrogens (primary N) is 1. The summed E-state index contributed by atoms with van der Waals surface area (Å²) in [4.78, 5) is 11.4. The number of hydrogen-bond acceptors (Lipinski definition) is 1. The smallest absolute Gasteiger partial charge is 0.227 e. The average molecular weight is 179 g/mol. The number of rotatable bonds is 1. The van der Waals surface area contributed by atoms with Gasteiger partial charge in [0.1, 0.15) is 0 Å². The molecule has 2 heteroatoms. The molecule has 2 fully saturated rings. The Morgan fingerprint density at radius 2 is 2.23 bits per heavy atom. The van der Waals surface area contributed by atoms with Gasteiger partial charge in [-0.05, 0) is 30.6 Å². The highest BCUT2D eigenvalue weighted by Gasteiger charge is 2.60. The van der Waals surface area contributed by atoms with Crippen LogP contribution < -0.4 is 5.73 Å². The molecule has 2 N–H and O–H groups in total. The van der Waals surface area contributed by atoms with Gasteiger partial charge in [-0.25, -0.2) is 0 Å². The summed E-state index contributed by atoms with van der Waals surface area (Å²) < 4.78 is 0. The van der Waals surface area contributed by atoms with Crippen molar-refractivity contribution in [2.24, 2.45) is 22.5 Å². The summed E-state index contributed by atoms with van der Waals surface area (Å²) in [6, 6.07) is 0. The number of fused-ring (bicyclic) bond motifs is 2. The number of carbonyl (C=O) groups is 1. The van der Waals surface area contributed by atoms with Crippen molar-refractivity contribution in [1.29, 1.82) is 0 Å². The highest BCUT2D eigenvalue weighted by Crippen LogP contribution is 2.65. The fraction of sp³-hybridized carbons (Fsp3) is 0.727. The molecule has 2 aliphatic carbocycles. The van der Waals surface area contributed by atoms with Crippen LogP contribution in [0.4, 0.5) is 0 Å². The van der Waals surface area contributed by atoms with Gasteiger partial charge in [0.05, 0.1) is 5.41 Å². The molecule has 2 atom stereocenters. The van der Waals surface area contributed by atoms with Crippen LogP contribution >= 0.6 is 0 Å². The molecule has 0 heterocycles. The first-order valence-electron chi connectivity index (χ1n) is 4.91. The van der Waals surface area contributed by atoms with E-state index in [1.54, 1.807) is 0 Å². The molecule has 2 saturated carbocycles. The molecule has 72 valence electrons. The molecule has 1 amide bonds. The summed E-state index contributed by atoms with van der Waals surface area (Å²) in [5, 5.41) is 0. The van der Waals surface area contributed by atoms with Gasteiger partial charge in [0.2, 0.25) is 5.91 Å². The highest BCUT2D eigenvalue weighted by atomic mass is 16.1. The van der Waals surface area contributed by atoms with Gasteiger partial charge >= 0.3 is 0 Å². The molecule has 0 aromatic rings. The summed E-state index contributed by atoms with van der Waals surface area (Å²) in [5.41, 5.74) is 6.32. The second kappa shape index (κ2) is 2.17. The van der Waals surface area contributed by atoms with E-state index in [0.717, 1.165) is 24.8 Å². The summed E-state index contributed by atoms with van der Waals surface area (Å²) in [6.07, 6.45) is 3.00. The SMILES string of the molecule is C=C1C(C)(C)[C@H]2CC[C@]1(C(N)=O)C2. The molecule has 0 radical (unpaired) electrons. The Balaban J connectivity index is 2.46. The van der Waals surface area contributed by atoms with E-state index in [0.29, 0.717) is 5.92 Å². The summed E-state index contributed by atoms with van der Waals surface area (Å²) in [7, 11) is 0. The lowest BCUT2D eigenvalue weighted by Crippen LogP contribution is -2.37. The van der Waals surface area contributed by atoms with E-state index in [1.165, 1.54) is 0 Å². The Hall–Kier alpha value is -0.790. The molecule has 0 aromatic carbocycles. The van der Waals surface area contributed by atoms with Crippen molar-refractivity contribution in [3.63, 3.8) is 0 Å². The maximum atomic E-state index is 11.4. The van der Waals surface area contributed by atoms with E-state index in [2.05, 4.69) is 20.4 Å². The van der Waals surface area contributed by atoms with Crippen LogP contribution in [0.3, 0.4) is 0 Å². The predicted molar refractivity (Wildman–Crippen MR) is 51.9 cm³/mol. The van der Waals surface area contributed by atoms with Gasteiger partial charge in [-0.2, -0.15) is 0 Å². The van der Waals surface area contributed by atoms with Gasteiger partial charge in [0.25, 0.3) is 0 Å². The maximum Gasteiger partial charge on any atom is 0.227 e. The molecule has 0 saturated heterocycles. The highest BCUT2D eigenvalue weighted by molar-refractivity contribution is 5.86. The average Bonchev–Trinajstić information content (AvgIpc) is 2.53. The molecule has 0 aliphatic heterocycles. The number of amides is 1. The van der Waals surface area contributed by atoms with Gasteiger partial charge < -0.3 is 5.73 Å². The van der Waals surface area contributed by atoms with Crippen molar-refractivity contribution in [1.82, 2.24) is 0 Å². The third-order valence-corrected chi connectivity index (χ3v) is 4.36. The van der Waals surface area contributed by atoms with Crippen molar-refractivity contribution in [3.05, 3.63) is 12.2 Å². The van der Waals surface area contributed by atoms with Crippen LogP contribution in [-0.2, 0) is 4.79 Å². The van der Waals surface area contributed by atoms with Gasteiger partial charge in [-0.3, -0.25) is 4.79 Å². The van der Waals surface area contributed by atoms with Gasteiger partial charge in [0, 0.05) is 0 Å². The molecule has 2 rings (SSSR count). The normalized spacial score (nSPS) is 41.1. The maximum absolute atomic E-state index is 11.4. The zero-order valence-corrected chi connectivity index (χ0v) is 8.39. The van der Waals surface area contributed by atoms with Crippen LogP contribution in [0.1, 0.15) is 33.1 Å². The Kier molecular flexibility index (Phi) is 1.47. The molecular weight excluding hydrogens is 162 g/mol. The van der Waals surface area contributed by atoms with Crippen molar-refractivity contribution < 1.29 is 4.79 Å². The lowest BCUT2D eigenvalue weighted by Gasteiger charge is -2.36. The quantitative estimate of drug-likeness (QED) is 0.613. The topological polar surface area (TPSA) is 43.1 Å². The first-order chi connectivity index (χ1) is 5.91. The Labute approximate surface area is 79.2 Å². The van der Waals surface area contributed by atoms with Crippen molar-refractivity contribution in [2.75, 3.05) is 0 Å². The predicted octanol–water partition coefficient (Wildman–Crippen LogP) is 1.85. The Morgan fingerprint density at radius 1 is 1.62 bits per heavy atom. The third kappa shape index (κ3) is 0.812. The van der Waals surface area contributed by atoms with Crippen LogP contribution in [0.5, 0.6) is 0 Å². The molecule has 13 heavy (non-hydrogen) atoms. The first-order valence-corrected chi connectivity index (χ1v) is 4.91. The zero-order chi connectivity index (χ0) is 9.85. The monoisotopic (exact) mass is 179 g/mol. The van der Waals surface area contributed by atoms with Crippen LogP contribution in [0.15, 0.2) is 12.2 Å². The van der Waals surface area contributed by atoms with E-state index in [4.69, 9.17) is 5.73 Å². The lowest BCUT2D eigenvalue weighted by molar-refractivity contribution is -0.125. The Bertz CT molecular complexity index is 292. The molecule has 0 unspecified atom stereocenters. The largest absolute Gasteiger partial charge is 0.369 e. The van der Waals surface area contributed by atoms with E-state index >= 15 is 0 Å². The fourth-order valence-corrected chi connectivity index (χ4v) is 3.17. The van der Waals surface area contributed by atoms with E-state index in [9.17, 15) is 4.79 Å². The van der Waals surface area contributed by atoms with Crippen LogP contribution in [0.25, 0.3) is 0 Å². The zero-order valence-electron chi connectivity index (χ0n) is 8.39. The molecular formula is C11H17NO. The van der Waals surface area contributed by atoms with Crippen molar-refractivity contribution in [2.45, 2.75) is 33.1 Å². The second-order valence-electron chi connectivity index (χ2n) is 5.09. The summed E-state index contributed by atoms with van der Waals surface area (Å²) >= 11 is 0. The second-order valence-corrected chi connectivity index (χ2v) is 5.09. The molecule has 0 aromatic heterocycles. The number of primary amides is 1. The van der Waals surface area contributed by atoms with Gasteiger partial charge in [-0.1, -0.05) is 26.0 Å². The minimum absolute atomic E-state index is 0.118. The third-order valence-electron chi connectivity index (χ3n) is 4.36. The number of hydrogen-bond donors (Lipinski definition) is 1. The number of carbonyl (C=O) groups excluding carboxylic acids is 1. The van der Waals surface area contributed by atoms with Gasteiger partial charge in [-0.15, -0.1) is 0 Å². The van der Waals surface area contributed by atoms with Crippen molar-refractivity contribution in [3.8, 4) is 0 Å². The summed E-state index contributed by atoms with van der Waals surface area (Å²) in [5.74, 6) is 0.457. The van der Waals surface area contributed by atoms with Crippen LogP contribution in [0.2, 0.25) is 0 Å². The Morgan fingerprint density at radius 3 is 2.54 bits per heavy atom. The first kappa shape index (κ1) is 8.79.